The summed E-state index contributed by atoms with van der Waals surface area (Å²) < 4.78 is 5.08. The zero-order chi connectivity index (χ0) is 17.2. The molecular weight excluding hydrogens is 298 g/mol. The molecule has 0 unspecified atom stereocenters. The monoisotopic (exact) mass is 319 g/mol. The van der Waals surface area contributed by atoms with Gasteiger partial charge in [0.1, 0.15) is 11.3 Å². The fourth-order valence-corrected chi connectivity index (χ4v) is 2.37. The predicted octanol–water partition coefficient (Wildman–Crippen LogP) is 0.428. The number of hydrogen-bond donors (Lipinski definition) is 2. The third-order valence-corrected chi connectivity index (χ3v) is 3.93. The summed E-state index contributed by atoms with van der Waals surface area (Å²) in [6.07, 6.45) is 0.104. The quantitative estimate of drug-likeness (QED) is 0.821. The lowest BCUT2D eigenvalue weighted by Gasteiger charge is -2.24. The molecule has 1 atom stereocenters. The third-order valence-electron chi connectivity index (χ3n) is 3.93. The van der Waals surface area contributed by atoms with Crippen LogP contribution < -0.4 is 20.7 Å². The lowest BCUT2D eigenvalue weighted by atomic mass is 10.0. The number of ether oxygens (including phenoxy) is 1. The van der Waals surface area contributed by atoms with Gasteiger partial charge in [-0.05, 0) is 38.1 Å². The van der Waals surface area contributed by atoms with Gasteiger partial charge in [0.15, 0.2) is 0 Å². The minimum Gasteiger partial charge on any atom is -0.497 e. The number of hydrogen-bond acceptors (Lipinski definition) is 4. The van der Waals surface area contributed by atoms with Crippen molar-refractivity contribution in [2.24, 2.45) is 11.7 Å². The molecule has 0 spiro atoms. The topological polar surface area (TPSA) is 102 Å². The van der Waals surface area contributed by atoms with Crippen LogP contribution in [0.15, 0.2) is 24.3 Å². The van der Waals surface area contributed by atoms with Gasteiger partial charge in [0.25, 0.3) is 0 Å². The fraction of sp³-hybridized carbons (Fsp3) is 0.438. The maximum Gasteiger partial charge on any atom is 0.242 e. The predicted molar refractivity (Wildman–Crippen MR) is 84.9 cm³/mol. The average molecular weight is 319 g/mol. The number of methoxy groups -OCH3 is 1. The summed E-state index contributed by atoms with van der Waals surface area (Å²) in [6, 6.07) is 7.05. The Morgan fingerprint density at radius 3 is 2.43 bits per heavy atom. The number of carbonyl (C=O) groups excluding carboxylic acids is 3. The maximum atomic E-state index is 12.3. The molecular formula is C16H21N3O4. The number of nitrogens with one attached hydrogen (secondary N) is 1. The third kappa shape index (κ3) is 3.61. The molecule has 0 bridgehead atoms. The Kier molecular flexibility index (Phi) is 4.58. The van der Waals surface area contributed by atoms with Gasteiger partial charge in [0.05, 0.1) is 13.0 Å². The molecule has 0 saturated carbocycles. The van der Waals surface area contributed by atoms with E-state index in [1.165, 1.54) is 13.8 Å². The van der Waals surface area contributed by atoms with Crippen LogP contribution in [0, 0.1) is 5.92 Å². The SMILES string of the molecule is COc1ccc(N2C[C@@H](C(=O)NC(C)(C)C(N)=O)CC2=O)cc1. The summed E-state index contributed by atoms with van der Waals surface area (Å²) in [7, 11) is 1.57. The molecule has 23 heavy (non-hydrogen) atoms. The Bertz CT molecular complexity index is 625. The van der Waals surface area contributed by atoms with Gasteiger partial charge in [0, 0.05) is 18.7 Å². The van der Waals surface area contributed by atoms with E-state index in [2.05, 4.69) is 5.32 Å². The Hall–Kier alpha value is -2.57. The van der Waals surface area contributed by atoms with Crippen LogP contribution in [0.25, 0.3) is 0 Å². The number of benzene rings is 1. The molecule has 0 aromatic heterocycles. The Morgan fingerprint density at radius 2 is 1.91 bits per heavy atom. The van der Waals surface area contributed by atoms with Crippen LogP contribution in [-0.2, 0) is 14.4 Å². The van der Waals surface area contributed by atoms with Crippen LogP contribution in [-0.4, -0.2) is 36.9 Å². The van der Waals surface area contributed by atoms with Gasteiger partial charge < -0.3 is 20.7 Å². The van der Waals surface area contributed by atoms with E-state index in [9.17, 15) is 14.4 Å². The number of nitrogens with zero attached hydrogens (tertiary/aromatic N) is 1. The highest BCUT2D eigenvalue weighted by molar-refractivity contribution is 6.01. The van der Waals surface area contributed by atoms with E-state index in [0.29, 0.717) is 11.4 Å². The van der Waals surface area contributed by atoms with Crippen molar-refractivity contribution in [3.8, 4) is 5.75 Å². The normalized spacial score (nSPS) is 18.0. The summed E-state index contributed by atoms with van der Waals surface area (Å²) >= 11 is 0. The first-order valence-corrected chi connectivity index (χ1v) is 7.31. The number of carbonyl (C=O) groups is 3. The van der Waals surface area contributed by atoms with Crippen LogP contribution in [0.3, 0.4) is 0 Å². The molecule has 1 heterocycles. The summed E-state index contributed by atoms with van der Waals surface area (Å²) in [5, 5.41) is 2.60. The number of primary amides is 1. The molecule has 124 valence electrons. The second-order valence-electron chi connectivity index (χ2n) is 6.08. The van der Waals surface area contributed by atoms with Crippen LogP contribution in [0.2, 0.25) is 0 Å². The molecule has 0 radical (unpaired) electrons. The molecule has 1 aromatic rings. The molecule has 1 fully saturated rings. The number of anilines is 1. The van der Waals surface area contributed by atoms with Crippen molar-refractivity contribution in [2.45, 2.75) is 25.8 Å². The highest BCUT2D eigenvalue weighted by Crippen LogP contribution is 2.27. The number of nitrogens with two attached hydrogens (primary N) is 1. The number of amides is 3. The van der Waals surface area contributed by atoms with Gasteiger partial charge in [-0.3, -0.25) is 14.4 Å². The molecule has 7 nitrogen and oxygen atoms in total. The van der Waals surface area contributed by atoms with Crippen LogP contribution >= 0.6 is 0 Å². The van der Waals surface area contributed by atoms with Crippen molar-refractivity contribution in [3.05, 3.63) is 24.3 Å². The number of rotatable bonds is 5. The smallest absolute Gasteiger partial charge is 0.242 e. The van der Waals surface area contributed by atoms with Crippen molar-refractivity contribution in [1.29, 1.82) is 0 Å². The molecule has 2 rings (SSSR count). The lowest BCUT2D eigenvalue weighted by molar-refractivity contribution is -0.132. The van der Waals surface area contributed by atoms with E-state index in [1.54, 1.807) is 36.3 Å². The van der Waals surface area contributed by atoms with Gasteiger partial charge >= 0.3 is 0 Å². The van der Waals surface area contributed by atoms with Gasteiger partial charge in [-0.2, -0.15) is 0 Å². The van der Waals surface area contributed by atoms with Crippen molar-refractivity contribution < 1.29 is 19.1 Å². The van der Waals surface area contributed by atoms with Crippen molar-refractivity contribution >= 4 is 23.4 Å². The van der Waals surface area contributed by atoms with E-state index >= 15 is 0 Å². The van der Waals surface area contributed by atoms with E-state index in [4.69, 9.17) is 10.5 Å². The second kappa shape index (κ2) is 6.28. The van der Waals surface area contributed by atoms with Crippen molar-refractivity contribution in [1.82, 2.24) is 5.32 Å². The first kappa shape index (κ1) is 16.8. The Morgan fingerprint density at radius 1 is 1.30 bits per heavy atom. The van der Waals surface area contributed by atoms with Crippen molar-refractivity contribution in [2.75, 3.05) is 18.6 Å². The summed E-state index contributed by atoms with van der Waals surface area (Å²) in [5.41, 5.74) is 4.81. The van der Waals surface area contributed by atoms with E-state index in [1.807, 2.05) is 0 Å². The van der Waals surface area contributed by atoms with E-state index < -0.39 is 17.4 Å². The molecule has 1 aliphatic rings. The van der Waals surface area contributed by atoms with Gasteiger partial charge in [-0.25, -0.2) is 0 Å². The first-order valence-electron chi connectivity index (χ1n) is 7.31. The van der Waals surface area contributed by atoms with Gasteiger partial charge in [-0.1, -0.05) is 0 Å². The van der Waals surface area contributed by atoms with E-state index in [-0.39, 0.29) is 24.8 Å². The molecule has 3 amide bonds. The molecule has 1 saturated heterocycles. The van der Waals surface area contributed by atoms with Gasteiger partial charge in [0.2, 0.25) is 17.7 Å². The minimum absolute atomic E-state index is 0.104. The first-order chi connectivity index (χ1) is 10.7. The Balaban J connectivity index is 2.07. The lowest BCUT2D eigenvalue weighted by Crippen LogP contribution is -2.54. The average Bonchev–Trinajstić information content (AvgIpc) is 2.89. The highest BCUT2D eigenvalue weighted by Gasteiger charge is 2.38. The van der Waals surface area contributed by atoms with Crippen LogP contribution in [0.5, 0.6) is 5.75 Å². The molecule has 1 aromatic carbocycles. The van der Waals surface area contributed by atoms with Crippen LogP contribution in [0.4, 0.5) is 5.69 Å². The fourth-order valence-electron chi connectivity index (χ4n) is 2.37. The molecule has 1 aliphatic heterocycles. The van der Waals surface area contributed by atoms with E-state index in [0.717, 1.165) is 0 Å². The molecule has 3 N–H and O–H groups in total. The van der Waals surface area contributed by atoms with Crippen molar-refractivity contribution in [3.63, 3.8) is 0 Å². The molecule has 7 heteroatoms. The summed E-state index contributed by atoms with van der Waals surface area (Å²) in [6.45, 7) is 3.34. The standard InChI is InChI=1S/C16H21N3O4/c1-16(2,15(17)22)18-14(21)10-8-13(20)19(9-10)11-4-6-12(23-3)7-5-11/h4-7,10H,8-9H2,1-3H3,(H2,17,22)(H,18,21)/t10-/m0/s1. The van der Waals surface area contributed by atoms with Gasteiger partial charge in [-0.15, -0.1) is 0 Å². The second-order valence-corrected chi connectivity index (χ2v) is 6.08. The maximum absolute atomic E-state index is 12.3. The summed E-state index contributed by atoms with van der Waals surface area (Å²) in [4.78, 5) is 37.3. The largest absolute Gasteiger partial charge is 0.497 e. The zero-order valence-corrected chi connectivity index (χ0v) is 13.5. The summed E-state index contributed by atoms with van der Waals surface area (Å²) in [5.74, 6) is -0.923. The van der Waals surface area contributed by atoms with Crippen LogP contribution in [0.1, 0.15) is 20.3 Å². The Labute approximate surface area is 134 Å². The molecule has 0 aliphatic carbocycles. The minimum atomic E-state index is -1.15. The zero-order valence-electron chi connectivity index (χ0n) is 13.5. The highest BCUT2D eigenvalue weighted by atomic mass is 16.5.